The van der Waals surface area contributed by atoms with Crippen LogP contribution in [0.5, 0.6) is 0 Å². The van der Waals surface area contributed by atoms with E-state index in [1.54, 1.807) is 17.6 Å². The lowest BCUT2D eigenvalue weighted by molar-refractivity contribution is 0.107. The first-order valence-corrected chi connectivity index (χ1v) is 8.13. The van der Waals surface area contributed by atoms with E-state index >= 15 is 0 Å². The van der Waals surface area contributed by atoms with Gasteiger partial charge in [0.15, 0.2) is 5.65 Å². The van der Waals surface area contributed by atoms with Gasteiger partial charge >= 0.3 is 0 Å². The van der Waals surface area contributed by atoms with Crippen molar-refractivity contribution < 1.29 is 4.74 Å². The molecule has 0 aliphatic carbocycles. The van der Waals surface area contributed by atoms with Crippen LogP contribution in [0, 0.1) is 18.8 Å². The molecule has 0 bridgehead atoms. The molecule has 3 rings (SSSR count). The Labute approximate surface area is 143 Å². The second kappa shape index (κ2) is 9.68. The van der Waals surface area contributed by atoms with Crippen molar-refractivity contribution in [3.63, 3.8) is 0 Å². The Hall–Kier alpha value is -2.39. The van der Waals surface area contributed by atoms with Crippen LogP contribution in [0.4, 0.5) is 5.82 Å². The molecule has 2 aromatic heterocycles. The van der Waals surface area contributed by atoms with Crippen LogP contribution < -0.4 is 10.9 Å². The van der Waals surface area contributed by atoms with E-state index in [1.165, 1.54) is 0 Å². The molecule has 0 saturated carbocycles. The molecule has 3 heterocycles. The topological polar surface area (TPSA) is 68.5 Å². The van der Waals surface area contributed by atoms with Crippen molar-refractivity contribution in [2.75, 3.05) is 19.0 Å². The average Bonchev–Trinajstić information content (AvgIpc) is 2.64. The number of rotatable bonds is 1. The van der Waals surface area contributed by atoms with Crippen molar-refractivity contribution >= 4 is 11.5 Å². The molecule has 6 heteroatoms. The molecule has 1 N–H and O–H groups in total. The second-order valence-corrected chi connectivity index (χ2v) is 4.80. The molecule has 0 saturated heterocycles. The lowest BCUT2D eigenvalue weighted by Crippen LogP contribution is -2.27. The molecule has 0 spiro atoms. The number of nitrogens with zero attached hydrogens (tertiary/aromatic N) is 3. The molecule has 0 radical (unpaired) electrons. The van der Waals surface area contributed by atoms with Gasteiger partial charge in [0.1, 0.15) is 5.82 Å². The quantitative estimate of drug-likeness (QED) is 0.814. The largest absolute Gasteiger partial charge is 0.375 e. The third kappa shape index (κ3) is 4.33. The molecule has 0 fully saturated rings. The minimum Gasteiger partial charge on any atom is -0.375 e. The van der Waals surface area contributed by atoms with Gasteiger partial charge in [0.25, 0.3) is 5.56 Å². The van der Waals surface area contributed by atoms with E-state index < -0.39 is 0 Å². The Morgan fingerprint density at radius 3 is 2.50 bits per heavy atom. The molecular weight excluding hydrogens is 304 g/mol. The fourth-order valence-corrected chi connectivity index (χ4v) is 2.21. The number of aryl methyl sites for hydroxylation is 1. The van der Waals surface area contributed by atoms with Gasteiger partial charge in [0, 0.05) is 19.0 Å². The van der Waals surface area contributed by atoms with Crippen molar-refractivity contribution in [3.8, 4) is 11.8 Å². The maximum absolute atomic E-state index is 12.4. The van der Waals surface area contributed by atoms with Crippen molar-refractivity contribution in [2.45, 2.75) is 47.6 Å². The highest BCUT2D eigenvalue weighted by molar-refractivity contribution is 5.49. The van der Waals surface area contributed by atoms with Crippen LogP contribution in [0.25, 0.3) is 5.65 Å². The third-order valence-corrected chi connectivity index (χ3v) is 3.40. The van der Waals surface area contributed by atoms with E-state index in [-0.39, 0.29) is 5.56 Å². The lowest BCUT2D eigenvalue weighted by atomic mass is 10.1. The number of fused-ring (bicyclic) bond motifs is 2. The van der Waals surface area contributed by atoms with Crippen LogP contribution in [0.3, 0.4) is 0 Å². The SMILES string of the molecule is CC.CC#CC.CNc1cn2c(=O)c3c(nc2c(C)n1)COCC3. The van der Waals surface area contributed by atoms with Gasteiger partial charge in [-0.15, -0.1) is 11.8 Å². The molecule has 0 aromatic carbocycles. The van der Waals surface area contributed by atoms with E-state index in [0.717, 1.165) is 17.0 Å². The zero-order chi connectivity index (χ0) is 18.1. The van der Waals surface area contributed by atoms with Crippen LogP contribution in [-0.2, 0) is 17.8 Å². The number of nitrogens with one attached hydrogen (secondary N) is 1. The Morgan fingerprint density at radius 2 is 1.92 bits per heavy atom. The molecule has 1 aliphatic heterocycles. The highest BCUT2D eigenvalue weighted by Gasteiger charge is 2.18. The fourth-order valence-electron chi connectivity index (χ4n) is 2.21. The summed E-state index contributed by atoms with van der Waals surface area (Å²) in [6, 6.07) is 0. The molecule has 24 heavy (non-hydrogen) atoms. The van der Waals surface area contributed by atoms with E-state index in [0.29, 0.717) is 31.1 Å². The van der Waals surface area contributed by atoms with Gasteiger partial charge < -0.3 is 10.1 Å². The minimum absolute atomic E-state index is 0.0136. The zero-order valence-electron chi connectivity index (χ0n) is 15.4. The molecule has 130 valence electrons. The molecule has 6 nitrogen and oxygen atoms in total. The number of hydrogen-bond acceptors (Lipinski definition) is 5. The van der Waals surface area contributed by atoms with E-state index in [4.69, 9.17) is 4.74 Å². The normalized spacial score (nSPS) is 11.8. The van der Waals surface area contributed by atoms with Crippen LogP contribution in [0.15, 0.2) is 11.0 Å². The minimum atomic E-state index is -0.0136. The molecule has 0 amide bonds. The Balaban J connectivity index is 0.000000423. The third-order valence-electron chi connectivity index (χ3n) is 3.40. The first kappa shape index (κ1) is 19.7. The lowest BCUT2D eigenvalue weighted by Gasteiger charge is -2.16. The molecular formula is C18H26N4O2. The van der Waals surface area contributed by atoms with E-state index in [9.17, 15) is 4.79 Å². The molecule has 0 unspecified atom stereocenters. The molecule has 1 aliphatic rings. The van der Waals surface area contributed by atoms with E-state index in [2.05, 4.69) is 27.1 Å². The predicted molar refractivity (Wildman–Crippen MR) is 97.4 cm³/mol. The summed E-state index contributed by atoms with van der Waals surface area (Å²) in [6.45, 7) is 10.5. The van der Waals surface area contributed by atoms with Gasteiger partial charge in [-0.05, 0) is 20.8 Å². The highest BCUT2D eigenvalue weighted by Crippen LogP contribution is 2.14. The standard InChI is InChI=1S/C12H14N4O2.C4H6.C2H6/c1-7-11-15-9-6-18-4-3-8(9)12(17)16(11)5-10(13-2)14-7;1-3-4-2;1-2/h5,13H,3-4,6H2,1-2H3;1-2H3;1-2H3. The number of ether oxygens (including phenoxy) is 1. The summed E-state index contributed by atoms with van der Waals surface area (Å²) in [4.78, 5) is 21.2. The van der Waals surface area contributed by atoms with Gasteiger partial charge in [-0.25, -0.2) is 9.97 Å². The summed E-state index contributed by atoms with van der Waals surface area (Å²) in [7, 11) is 1.78. The summed E-state index contributed by atoms with van der Waals surface area (Å²) in [5.41, 5.74) is 2.82. The second-order valence-electron chi connectivity index (χ2n) is 4.80. The Bertz CT molecular complexity index is 794. The van der Waals surface area contributed by atoms with Gasteiger partial charge in [0.2, 0.25) is 0 Å². The highest BCUT2D eigenvalue weighted by atomic mass is 16.5. The van der Waals surface area contributed by atoms with Crippen molar-refractivity contribution in [1.82, 2.24) is 14.4 Å². The number of hydrogen-bond donors (Lipinski definition) is 1. The van der Waals surface area contributed by atoms with Gasteiger partial charge in [-0.1, -0.05) is 13.8 Å². The summed E-state index contributed by atoms with van der Waals surface area (Å²) in [5, 5.41) is 2.94. The maximum Gasteiger partial charge on any atom is 0.261 e. The number of aromatic nitrogens is 3. The molecule has 0 atom stereocenters. The first-order valence-electron chi connectivity index (χ1n) is 8.13. The Morgan fingerprint density at radius 1 is 1.25 bits per heavy atom. The van der Waals surface area contributed by atoms with Crippen molar-refractivity contribution in [1.29, 1.82) is 0 Å². The van der Waals surface area contributed by atoms with Crippen molar-refractivity contribution in [2.24, 2.45) is 0 Å². The smallest absolute Gasteiger partial charge is 0.261 e. The van der Waals surface area contributed by atoms with Crippen molar-refractivity contribution in [3.05, 3.63) is 33.5 Å². The fraction of sp³-hybridized carbons (Fsp3) is 0.500. The van der Waals surface area contributed by atoms with Crippen LogP contribution in [-0.4, -0.2) is 28.0 Å². The van der Waals surface area contributed by atoms with Gasteiger partial charge in [0.05, 0.1) is 30.8 Å². The van der Waals surface area contributed by atoms with Gasteiger partial charge in [-0.2, -0.15) is 0 Å². The number of anilines is 1. The predicted octanol–water partition coefficient (Wildman–Crippen LogP) is 2.57. The summed E-state index contributed by atoms with van der Waals surface area (Å²) in [5.74, 6) is 6.02. The summed E-state index contributed by atoms with van der Waals surface area (Å²) in [6.07, 6.45) is 2.31. The summed E-state index contributed by atoms with van der Waals surface area (Å²) < 4.78 is 6.91. The Kier molecular flexibility index (Phi) is 7.93. The van der Waals surface area contributed by atoms with Gasteiger partial charge in [-0.3, -0.25) is 9.20 Å². The van der Waals surface area contributed by atoms with Crippen LogP contribution in [0.2, 0.25) is 0 Å². The van der Waals surface area contributed by atoms with E-state index in [1.807, 2.05) is 34.6 Å². The molecule has 2 aromatic rings. The maximum atomic E-state index is 12.4. The first-order chi connectivity index (χ1) is 11.6. The van der Waals surface area contributed by atoms with Crippen LogP contribution >= 0.6 is 0 Å². The van der Waals surface area contributed by atoms with Crippen LogP contribution in [0.1, 0.15) is 44.6 Å². The zero-order valence-corrected chi connectivity index (χ0v) is 15.4. The average molecular weight is 330 g/mol. The summed E-state index contributed by atoms with van der Waals surface area (Å²) >= 11 is 0. The monoisotopic (exact) mass is 330 g/mol.